The highest BCUT2D eigenvalue weighted by Gasteiger charge is 2.12. The lowest BCUT2D eigenvalue weighted by Crippen LogP contribution is -2.02. The number of aliphatic hydroxyl groups is 2. The van der Waals surface area contributed by atoms with Crippen molar-refractivity contribution in [3.63, 3.8) is 0 Å². The van der Waals surface area contributed by atoms with Gasteiger partial charge in [-0.2, -0.15) is 0 Å². The second-order valence-corrected chi connectivity index (χ2v) is 3.14. The fourth-order valence-electron chi connectivity index (χ4n) is 1.00. The van der Waals surface area contributed by atoms with Gasteiger partial charge in [0.2, 0.25) is 0 Å². The summed E-state index contributed by atoms with van der Waals surface area (Å²) in [6, 6.07) is 6.36. The van der Waals surface area contributed by atoms with Crippen LogP contribution in [0.3, 0.4) is 0 Å². The summed E-state index contributed by atoms with van der Waals surface area (Å²) >= 11 is 5.65. The Labute approximate surface area is 86.3 Å². The summed E-state index contributed by atoms with van der Waals surface area (Å²) in [5.74, 6) is 0. The van der Waals surface area contributed by atoms with Crippen LogP contribution in [0.25, 0.3) is 0 Å². The summed E-state index contributed by atoms with van der Waals surface area (Å²) in [6.07, 6.45) is -0.124. The third-order valence-corrected chi connectivity index (χ3v) is 2.04. The highest BCUT2D eigenvalue weighted by atomic mass is 35.5. The van der Waals surface area contributed by atoms with E-state index in [1.165, 1.54) is 0 Å². The Morgan fingerprint density at radius 1 is 1.36 bits per heavy atom. The molecular weight excluding hydrogens is 204 g/mol. The van der Waals surface area contributed by atoms with Crippen LogP contribution in [-0.2, 0) is 4.79 Å². The highest BCUT2D eigenvalue weighted by Crippen LogP contribution is 2.21. The molecule has 4 heteroatoms. The first-order valence-corrected chi connectivity index (χ1v) is 4.30. The Balaban J connectivity index is 2.94. The van der Waals surface area contributed by atoms with E-state index in [-0.39, 0.29) is 5.57 Å². The highest BCUT2D eigenvalue weighted by molar-refractivity contribution is 6.30. The van der Waals surface area contributed by atoms with Crippen molar-refractivity contribution in [3.8, 4) is 0 Å². The molecule has 74 valence electrons. The van der Waals surface area contributed by atoms with E-state index in [9.17, 15) is 9.90 Å². The molecule has 14 heavy (non-hydrogen) atoms. The summed E-state index contributed by atoms with van der Waals surface area (Å²) in [6.45, 7) is 0. The van der Waals surface area contributed by atoms with E-state index >= 15 is 0 Å². The van der Waals surface area contributed by atoms with Crippen molar-refractivity contribution in [2.45, 2.75) is 6.10 Å². The van der Waals surface area contributed by atoms with Crippen molar-refractivity contribution in [1.29, 1.82) is 0 Å². The molecule has 0 bridgehead atoms. The van der Waals surface area contributed by atoms with Gasteiger partial charge in [0.1, 0.15) is 6.10 Å². The average molecular weight is 213 g/mol. The molecule has 2 N–H and O–H groups in total. The maximum atomic E-state index is 10.4. The van der Waals surface area contributed by atoms with Crippen LogP contribution in [0.15, 0.2) is 36.1 Å². The quantitative estimate of drug-likeness (QED) is 0.458. The SMILES string of the molecule is O=C/C(=C\O)C(O)c1ccc(Cl)cc1. The fraction of sp³-hybridized carbons (Fsp3) is 0.100. The van der Waals surface area contributed by atoms with Gasteiger partial charge in [0.15, 0.2) is 6.29 Å². The molecule has 1 aromatic rings. The van der Waals surface area contributed by atoms with Crippen molar-refractivity contribution in [3.05, 3.63) is 46.7 Å². The van der Waals surface area contributed by atoms with Crippen LogP contribution in [0, 0.1) is 0 Å². The number of rotatable bonds is 3. The van der Waals surface area contributed by atoms with E-state index in [2.05, 4.69) is 0 Å². The van der Waals surface area contributed by atoms with Crippen molar-refractivity contribution < 1.29 is 15.0 Å². The molecule has 0 saturated heterocycles. The van der Waals surface area contributed by atoms with Gasteiger partial charge >= 0.3 is 0 Å². The van der Waals surface area contributed by atoms with Crippen molar-refractivity contribution in [1.82, 2.24) is 0 Å². The van der Waals surface area contributed by atoms with Gasteiger partial charge in [0.05, 0.1) is 11.8 Å². The number of benzene rings is 1. The molecule has 0 aliphatic rings. The molecular formula is C10H9ClO3. The van der Waals surface area contributed by atoms with Crippen LogP contribution < -0.4 is 0 Å². The third-order valence-electron chi connectivity index (χ3n) is 1.79. The monoisotopic (exact) mass is 212 g/mol. The normalized spacial score (nSPS) is 13.7. The number of aliphatic hydroxyl groups excluding tert-OH is 2. The fourth-order valence-corrected chi connectivity index (χ4v) is 1.13. The lowest BCUT2D eigenvalue weighted by molar-refractivity contribution is -0.105. The Morgan fingerprint density at radius 2 is 1.93 bits per heavy atom. The van der Waals surface area contributed by atoms with E-state index in [0.29, 0.717) is 23.1 Å². The molecule has 0 aromatic heterocycles. The van der Waals surface area contributed by atoms with Crippen LogP contribution in [0.4, 0.5) is 0 Å². The summed E-state index contributed by atoms with van der Waals surface area (Å²) in [4.78, 5) is 10.4. The first kappa shape index (κ1) is 10.8. The lowest BCUT2D eigenvalue weighted by atomic mass is 10.0. The molecule has 0 aliphatic heterocycles. The van der Waals surface area contributed by atoms with Crippen LogP contribution >= 0.6 is 11.6 Å². The number of hydrogen-bond acceptors (Lipinski definition) is 3. The topological polar surface area (TPSA) is 57.5 Å². The molecule has 0 heterocycles. The molecule has 0 amide bonds. The zero-order valence-electron chi connectivity index (χ0n) is 7.22. The predicted octanol–water partition coefficient (Wildman–Crippen LogP) is 2.01. The Bertz CT molecular complexity index is 343. The van der Waals surface area contributed by atoms with E-state index in [1.807, 2.05) is 0 Å². The molecule has 1 aromatic carbocycles. The van der Waals surface area contributed by atoms with Crippen LogP contribution in [0.2, 0.25) is 5.02 Å². The van der Waals surface area contributed by atoms with Gasteiger partial charge in [-0.1, -0.05) is 23.7 Å². The first-order chi connectivity index (χ1) is 6.69. The minimum absolute atomic E-state index is 0.0904. The Hall–Kier alpha value is -1.32. The number of carbonyl (C=O) groups excluding carboxylic acids is 1. The van der Waals surface area contributed by atoms with Gasteiger partial charge in [0.25, 0.3) is 0 Å². The molecule has 1 rings (SSSR count). The predicted molar refractivity (Wildman–Crippen MR) is 53.2 cm³/mol. The molecule has 0 fully saturated rings. The second kappa shape index (κ2) is 4.79. The van der Waals surface area contributed by atoms with Gasteiger partial charge in [-0.25, -0.2) is 0 Å². The van der Waals surface area contributed by atoms with Crippen LogP contribution in [-0.4, -0.2) is 16.5 Å². The maximum Gasteiger partial charge on any atom is 0.152 e. The standard InChI is InChI=1S/C10H9ClO3/c11-9-3-1-7(2-4-9)10(14)8(5-12)6-13/h1-6,10,12,14H/b8-5+. The lowest BCUT2D eigenvalue weighted by Gasteiger charge is -2.09. The third kappa shape index (κ3) is 2.34. The Morgan fingerprint density at radius 3 is 2.36 bits per heavy atom. The van der Waals surface area contributed by atoms with Gasteiger partial charge < -0.3 is 10.2 Å². The first-order valence-electron chi connectivity index (χ1n) is 3.92. The smallest absolute Gasteiger partial charge is 0.152 e. The average Bonchev–Trinajstić information content (AvgIpc) is 2.20. The second-order valence-electron chi connectivity index (χ2n) is 2.70. The molecule has 0 saturated carbocycles. The van der Waals surface area contributed by atoms with Crippen molar-refractivity contribution in [2.75, 3.05) is 0 Å². The van der Waals surface area contributed by atoms with Gasteiger partial charge in [-0.15, -0.1) is 0 Å². The number of hydrogen-bond donors (Lipinski definition) is 2. The van der Waals surface area contributed by atoms with Crippen molar-refractivity contribution >= 4 is 17.9 Å². The molecule has 1 unspecified atom stereocenters. The van der Waals surface area contributed by atoms with Gasteiger partial charge in [-0.3, -0.25) is 4.79 Å². The minimum atomic E-state index is -1.12. The minimum Gasteiger partial charge on any atom is -0.515 e. The largest absolute Gasteiger partial charge is 0.515 e. The molecule has 1 atom stereocenters. The Kier molecular flexibility index (Phi) is 3.68. The summed E-state index contributed by atoms with van der Waals surface area (Å²) in [5.41, 5.74) is 0.411. The number of carbonyl (C=O) groups is 1. The van der Waals surface area contributed by atoms with Crippen LogP contribution in [0.5, 0.6) is 0 Å². The van der Waals surface area contributed by atoms with E-state index in [4.69, 9.17) is 16.7 Å². The molecule has 0 aliphatic carbocycles. The summed E-state index contributed by atoms with van der Waals surface area (Å²) < 4.78 is 0. The van der Waals surface area contributed by atoms with Gasteiger partial charge in [0, 0.05) is 5.02 Å². The molecule has 3 nitrogen and oxygen atoms in total. The van der Waals surface area contributed by atoms with Crippen LogP contribution in [0.1, 0.15) is 11.7 Å². The molecule has 0 radical (unpaired) electrons. The zero-order chi connectivity index (χ0) is 10.6. The summed E-state index contributed by atoms with van der Waals surface area (Å²) in [5, 5.41) is 18.7. The van der Waals surface area contributed by atoms with Crippen molar-refractivity contribution in [2.24, 2.45) is 0 Å². The maximum absolute atomic E-state index is 10.4. The summed E-state index contributed by atoms with van der Waals surface area (Å²) in [7, 11) is 0. The molecule has 0 spiro atoms. The number of halogens is 1. The van der Waals surface area contributed by atoms with Gasteiger partial charge in [-0.05, 0) is 17.7 Å². The number of aldehydes is 1. The van der Waals surface area contributed by atoms with E-state index in [0.717, 1.165) is 0 Å². The zero-order valence-corrected chi connectivity index (χ0v) is 7.98. The van der Waals surface area contributed by atoms with E-state index < -0.39 is 6.10 Å². The van der Waals surface area contributed by atoms with E-state index in [1.54, 1.807) is 24.3 Å².